The fourth-order valence-corrected chi connectivity index (χ4v) is 2.47. The number of rotatable bonds is 5. The van der Waals surface area contributed by atoms with Gasteiger partial charge in [-0.2, -0.15) is 5.10 Å². The van der Waals surface area contributed by atoms with Gasteiger partial charge in [0.25, 0.3) is 5.91 Å². The van der Waals surface area contributed by atoms with Crippen molar-refractivity contribution in [2.45, 2.75) is 25.7 Å². The maximum atomic E-state index is 12.1. The van der Waals surface area contributed by atoms with Crippen molar-refractivity contribution in [1.82, 2.24) is 9.78 Å². The molecule has 2 N–H and O–H groups in total. The van der Waals surface area contributed by atoms with Crippen LogP contribution in [-0.4, -0.2) is 28.3 Å². The van der Waals surface area contributed by atoms with Crippen molar-refractivity contribution in [3.63, 3.8) is 0 Å². The van der Waals surface area contributed by atoms with Gasteiger partial charge in [0.1, 0.15) is 5.56 Å². The van der Waals surface area contributed by atoms with Crippen molar-refractivity contribution in [1.29, 1.82) is 0 Å². The topological polar surface area (TPSA) is 87.2 Å². The molecule has 0 aliphatic heterocycles. The Kier molecular flexibility index (Phi) is 3.66. The van der Waals surface area contributed by atoms with Crippen molar-refractivity contribution in [3.05, 3.63) is 47.3 Å². The number of aryl methyl sites for hydroxylation is 1. The third-order valence-corrected chi connectivity index (χ3v) is 3.68. The van der Waals surface area contributed by atoms with E-state index in [0.29, 0.717) is 11.5 Å². The molecule has 0 spiro atoms. The van der Waals surface area contributed by atoms with Crippen LogP contribution in [0.4, 0.5) is 0 Å². The quantitative estimate of drug-likeness (QED) is 0.851. The summed E-state index contributed by atoms with van der Waals surface area (Å²) in [6.45, 7) is 1.58. The molecule has 114 valence electrons. The van der Waals surface area contributed by atoms with Gasteiger partial charge in [-0.05, 0) is 31.4 Å². The van der Waals surface area contributed by atoms with Crippen LogP contribution in [-0.2, 0) is 9.53 Å². The van der Waals surface area contributed by atoms with E-state index in [0.717, 1.165) is 29.8 Å². The molecular weight excluding hydrogens is 282 g/mol. The fraction of sp³-hybridized carbons (Fsp3) is 0.312. The molecule has 1 heterocycles. The molecule has 1 aliphatic carbocycles. The van der Waals surface area contributed by atoms with Gasteiger partial charge in [0.05, 0.1) is 17.6 Å². The summed E-state index contributed by atoms with van der Waals surface area (Å²) in [6.07, 6.45) is 3.55. The fourth-order valence-electron chi connectivity index (χ4n) is 2.47. The molecule has 0 unspecified atom stereocenters. The van der Waals surface area contributed by atoms with E-state index < -0.39 is 18.5 Å². The monoisotopic (exact) mass is 299 g/mol. The Morgan fingerprint density at radius 2 is 2.09 bits per heavy atom. The van der Waals surface area contributed by atoms with Crippen LogP contribution in [0.25, 0.3) is 5.69 Å². The van der Waals surface area contributed by atoms with E-state index in [9.17, 15) is 9.59 Å². The normalized spacial score (nSPS) is 13.9. The van der Waals surface area contributed by atoms with Gasteiger partial charge in [-0.3, -0.25) is 4.79 Å². The molecule has 1 aromatic heterocycles. The summed E-state index contributed by atoms with van der Waals surface area (Å²) in [6, 6.07) is 7.86. The molecule has 1 amide bonds. The second-order valence-electron chi connectivity index (χ2n) is 5.46. The number of esters is 1. The standard InChI is InChI=1S/C16H17N3O3/c1-10-4-2-3-5-13(10)19-15(11-6-7-11)12(8-18-19)16(21)22-9-14(17)20/h2-5,8,11H,6-7,9H2,1H3,(H2,17,20). The van der Waals surface area contributed by atoms with E-state index in [1.165, 1.54) is 6.20 Å². The van der Waals surface area contributed by atoms with Gasteiger partial charge in [0, 0.05) is 5.92 Å². The first kappa shape index (κ1) is 14.3. The number of amides is 1. The minimum absolute atomic E-state index is 0.304. The first-order valence-electron chi connectivity index (χ1n) is 7.17. The Balaban J connectivity index is 1.98. The minimum Gasteiger partial charge on any atom is -0.452 e. The maximum Gasteiger partial charge on any atom is 0.342 e. The van der Waals surface area contributed by atoms with E-state index in [2.05, 4.69) is 5.10 Å². The van der Waals surface area contributed by atoms with Gasteiger partial charge in [0.2, 0.25) is 0 Å². The van der Waals surface area contributed by atoms with Crippen LogP contribution in [0.15, 0.2) is 30.5 Å². The number of aromatic nitrogens is 2. The Bertz CT molecular complexity index is 732. The Morgan fingerprint density at radius 3 is 2.73 bits per heavy atom. The van der Waals surface area contributed by atoms with E-state index in [1.807, 2.05) is 31.2 Å². The molecule has 0 atom stereocenters. The van der Waals surface area contributed by atoms with Gasteiger partial charge < -0.3 is 10.5 Å². The summed E-state index contributed by atoms with van der Waals surface area (Å²) in [5, 5.41) is 4.36. The molecule has 6 heteroatoms. The zero-order valence-electron chi connectivity index (χ0n) is 12.3. The Labute approximate surface area is 127 Å². The van der Waals surface area contributed by atoms with Crippen molar-refractivity contribution < 1.29 is 14.3 Å². The molecule has 1 aromatic carbocycles. The smallest absolute Gasteiger partial charge is 0.342 e. The van der Waals surface area contributed by atoms with Crippen LogP contribution in [0.5, 0.6) is 0 Å². The third-order valence-electron chi connectivity index (χ3n) is 3.68. The molecule has 0 saturated heterocycles. The highest BCUT2D eigenvalue weighted by Crippen LogP contribution is 2.42. The number of carbonyl (C=O) groups excluding carboxylic acids is 2. The lowest BCUT2D eigenvalue weighted by Crippen LogP contribution is -2.21. The van der Waals surface area contributed by atoms with Crippen LogP contribution in [0.2, 0.25) is 0 Å². The second kappa shape index (κ2) is 5.63. The van der Waals surface area contributed by atoms with Gasteiger partial charge >= 0.3 is 5.97 Å². The van der Waals surface area contributed by atoms with E-state index in [4.69, 9.17) is 10.5 Å². The Hall–Kier alpha value is -2.63. The summed E-state index contributed by atoms with van der Waals surface area (Å²) in [7, 11) is 0. The lowest BCUT2D eigenvalue weighted by Gasteiger charge is -2.11. The number of nitrogens with zero attached hydrogens (tertiary/aromatic N) is 2. The molecule has 1 saturated carbocycles. The van der Waals surface area contributed by atoms with Crippen LogP contribution in [0.3, 0.4) is 0 Å². The number of hydrogen-bond acceptors (Lipinski definition) is 4. The number of hydrogen-bond donors (Lipinski definition) is 1. The largest absolute Gasteiger partial charge is 0.452 e. The maximum absolute atomic E-state index is 12.1. The van der Waals surface area contributed by atoms with Crippen molar-refractivity contribution in [3.8, 4) is 5.69 Å². The number of ether oxygens (including phenoxy) is 1. The average Bonchev–Trinajstić information content (AvgIpc) is 3.24. The van der Waals surface area contributed by atoms with Crippen LogP contribution < -0.4 is 5.73 Å². The first-order chi connectivity index (χ1) is 10.6. The summed E-state index contributed by atoms with van der Waals surface area (Å²) < 4.78 is 6.72. The summed E-state index contributed by atoms with van der Waals surface area (Å²) in [4.78, 5) is 22.9. The lowest BCUT2D eigenvalue weighted by atomic mass is 10.1. The van der Waals surface area contributed by atoms with E-state index >= 15 is 0 Å². The van der Waals surface area contributed by atoms with Crippen LogP contribution in [0, 0.1) is 6.92 Å². The average molecular weight is 299 g/mol. The SMILES string of the molecule is Cc1ccccc1-n1ncc(C(=O)OCC(N)=O)c1C1CC1. The highest BCUT2D eigenvalue weighted by Gasteiger charge is 2.33. The number of para-hydroxylation sites is 1. The highest BCUT2D eigenvalue weighted by molar-refractivity contribution is 5.92. The molecule has 2 aromatic rings. The molecular formula is C16H17N3O3. The summed E-state index contributed by atoms with van der Waals surface area (Å²) >= 11 is 0. The van der Waals surface area contributed by atoms with Gasteiger partial charge in [-0.1, -0.05) is 18.2 Å². The van der Waals surface area contributed by atoms with Crippen LogP contribution in [0.1, 0.15) is 40.4 Å². The van der Waals surface area contributed by atoms with Crippen molar-refractivity contribution in [2.75, 3.05) is 6.61 Å². The van der Waals surface area contributed by atoms with Crippen molar-refractivity contribution >= 4 is 11.9 Å². The van der Waals surface area contributed by atoms with Crippen molar-refractivity contribution in [2.24, 2.45) is 5.73 Å². The Morgan fingerprint density at radius 1 is 1.36 bits per heavy atom. The highest BCUT2D eigenvalue weighted by atomic mass is 16.5. The van der Waals surface area contributed by atoms with E-state index in [1.54, 1.807) is 4.68 Å². The van der Waals surface area contributed by atoms with Gasteiger partial charge in [-0.15, -0.1) is 0 Å². The first-order valence-corrected chi connectivity index (χ1v) is 7.17. The molecule has 1 fully saturated rings. The molecule has 22 heavy (non-hydrogen) atoms. The summed E-state index contributed by atoms with van der Waals surface area (Å²) in [5.41, 5.74) is 8.28. The lowest BCUT2D eigenvalue weighted by molar-refractivity contribution is -0.121. The number of carbonyl (C=O) groups is 2. The predicted octanol–water partition coefficient (Wildman–Crippen LogP) is 1.70. The molecule has 0 bridgehead atoms. The number of nitrogens with two attached hydrogens (primary N) is 1. The summed E-state index contributed by atoms with van der Waals surface area (Å²) in [5.74, 6) is -0.925. The zero-order chi connectivity index (χ0) is 15.7. The predicted molar refractivity (Wildman–Crippen MR) is 79.8 cm³/mol. The number of primary amides is 1. The zero-order valence-corrected chi connectivity index (χ0v) is 12.3. The second-order valence-corrected chi connectivity index (χ2v) is 5.46. The minimum atomic E-state index is -0.674. The molecule has 0 radical (unpaired) electrons. The van der Waals surface area contributed by atoms with Gasteiger partial charge in [-0.25, -0.2) is 9.48 Å². The van der Waals surface area contributed by atoms with Crippen LogP contribution >= 0.6 is 0 Å². The number of benzene rings is 1. The third kappa shape index (κ3) is 2.72. The van der Waals surface area contributed by atoms with Gasteiger partial charge in [0.15, 0.2) is 6.61 Å². The molecule has 1 aliphatic rings. The molecule has 3 rings (SSSR count). The van der Waals surface area contributed by atoms with E-state index in [-0.39, 0.29) is 0 Å². The molecule has 6 nitrogen and oxygen atoms in total.